The molecule has 0 fully saturated rings. The van der Waals surface area contributed by atoms with Crippen molar-refractivity contribution in [2.45, 2.75) is 40.0 Å². The number of aryl methyl sites for hydroxylation is 2. The zero-order valence-electron chi connectivity index (χ0n) is 30.8. The monoisotopic (exact) mass is 805 g/mol. The van der Waals surface area contributed by atoms with Crippen molar-refractivity contribution in [3.05, 3.63) is 164 Å². The summed E-state index contributed by atoms with van der Waals surface area (Å²) < 4.78 is 11.3. The Kier molecular flexibility index (Phi) is 13.8. The largest absolute Gasteiger partial charge is 0.478 e. The minimum absolute atomic E-state index is 0. The second-order valence-electron chi connectivity index (χ2n) is 12.8. The van der Waals surface area contributed by atoms with Gasteiger partial charge in [0, 0.05) is 67.6 Å². The van der Waals surface area contributed by atoms with E-state index in [9.17, 15) is 9.59 Å². The summed E-state index contributed by atoms with van der Waals surface area (Å²) in [7, 11) is 3.17. The van der Waals surface area contributed by atoms with Gasteiger partial charge in [0.05, 0.1) is 38.0 Å². The number of carbonyl (C=O) groups excluding carboxylic acids is 1. The molecule has 0 saturated carbocycles. The number of rotatable bonds is 10. The van der Waals surface area contributed by atoms with Crippen LogP contribution in [-0.2, 0) is 16.0 Å². The van der Waals surface area contributed by atoms with Crippen LogP contribution in [0.3, 0.4) is 0 Å². The van der Waals surface area contributed by atoms with Gasteiger partial charge >= 0.3 is 5.97 Å². The van der Waals surface area contributed by atoms with E-state index in [1.54, 1.807) is 51.0 Å². The first-order valence-corrected chi connectivity index (χ1v) is 18.0. The van der Waals surface area contributed by atoms with Gasteiger partial charge in [0.2, 0.25) is 0 Å². The van der Waals surface area contributed by atoms with Gasteiger partial charge < -0.3 is 25.6 Å². The number of carbonyl (C=O) groups is 2. The van der Waals surface area contributed by atoms with Crippen LogP contribution in [0.1, 0.15) is 79.7 Å². The van der Waals surface area contributed by atoms with E-state index in [0.29, 0.717) is 39.4 Å². The number of methoxy groups -OCH3 is 2. The summed E-state index contributed by atoms with van der Waals surface area (Å²) in [5, 5.41) is 15.0. The molecule has 0 saturated heterocycles. The molecule has 2 unspecified atom stereocenters. The average molecular weight is 807 g/mol. The smallest absolute Gasteiger partial charge is 0.335 e. The molecule has 0 bridgehead atoms. The van der Waals surface area contributed by atoms with E-state index in [1.165, 1.54) is 18.3 Å². The minimum Gasteiger partial charge on any atom is -0.478 e. The lowest BCUT2D eigenvalue weighted by molar-refractivity contribution is 0.0695. The summed E-state index contributed by atoms with van der Waals surface area (Å²) in [5.41, 5.74) is 13.7. The molecule has 5 aromatic heterocycles. The Morgan fingerprint density at radius 2 is 1.25 bits per heavy atom. The van der Waals surface area contributed by atoms with Crippen molar-refractivity contribution in [2.75, 3.05) is 20.0 Å². The number of carboxylic acids is 1. The molecule has 57 heavy (non-hydrogen) atoms. The minimum atomic E-state index is -1.00. The number of hydrogen-bond donors (Lipinski definition) is 3. The van der Waals surface area contributed by atoms with Gasteiger partial charge in [0.15, 0.2) is 0 Å². The van der Waals surface area contributed by atoms with E-state index < -0.39 is 18.2 Å². The van der Waals surface area contributed by atoms with E-state index in [4.69, 9.17) is 43.5 Å². The van der Waals surface area contributed by atoms with Crippen LogP contribution in [0.5, 0.6) is 0 Å². The lowest BCUT2D eigenvalue weighted by Gasteiger charge is -2.17. The van der Waals surface area contributed by atoms with Crippen molar-refractivity contribution in [1.29, 1.82) is 0 Å². The lowest BCUT2D eigenvalue weighted by atomic mass is 10.0. The molecular formula is C43H41Cl2N7O5. The number of fused-ring (bicyclic) bond motifs is 2. The Morgan fingerprint density at radius 3 is 1.74 bits per heavy atom. The number of anilines is 1. The predicted octanol–water partition coefficient (Wildman–Crippen LogP) is 8.90. The number of pyridine rings is 5. The number of nitrogens with one attached hydrogen (secondary N) is 1. The van der Waals surface area contributed by atoms with Gasteiger partial charge in [0.1, 0.15) is 18.0 Å². The Morgan fingerprint density at radius 1 is 0.737 bits per heavy atom. The van der Waals surface area contributed by atoms with Gasteiger partial charge in [-0.2, -0.15) is 0 Å². The van der Waals surface area contributed by atoms with E-state index in [2.05, 4.69) is 30.2 Å². The number of halogens is 2. The van der Waals surface area contributed by atoms with E-state index in [-0.39, 0.29) is 18.9 Å². The van der Waals surface area contributed by atoms with E-state index in [0.717, 1.165) is 49.8 Å². The second-order valence-corrected chi connectivity index (χ2v) is 13.7. The molecule has 14 heteroatoms. The summed E-state index contributed by atoms with van der Waals surface area (Å²) in [4.78, 5) is 45.5. The number of amides is 1. The van der Waals surface area contributed by atoms with Crippen LogP contribution in [0, 0.1) is 13.8 Å². The molecule has 0 aliphatic heterocycles. The highest BCUT2D eigenvalue weighted by Gasteiger charge is 2.19. The molecule has 0 radical (unpaired) electrons. The third-order valence-corrected chi connectivity index (χ3v) is 9.44. The molecule has 7 rings (SSSR count). The first-order chi connectivity index (χ1) is 26.9. The molecule has 5 heterocycles. The van der Waals surface area contributed by atoms with Crippen molar-refractivity contribution in [2.24, 2.45) is 0 Å². The molecular weight excluding hydrogens is 765 g/mol. The SMILES string of the molecule is C.COC(c1ccc2ncc(Cl)cc2c1)c1cc(C(=O)NCc2c(C)cc(N)nc2C)ccn1.COC(c1ccc2ncc(Cl)cc2c1)c1cc(C(=O)O)ccn1. The lowest BCUT2D eigenvalue weighted by Crippen LogP contribution is -2.24. The maximum Gasteiger partial charge on any atom is 0.335 e. The maximum absolute atomic E-state index is 12.9. The summed E-state index contributed by atoms with van der Waals surface area (Å²) in [6, 6.07) is 23.3. The molecule has 0 aliphatic carbocycles. The molecule has 7 aromatic rings. The van der Waals surface area contributed by atoms with E-state index >= 15 is 0 Å². The number of aromatic nitrogens is 5. The van der Waals surface area contributed by atoms with Crippen LogP contribution in [0.15, 0.2) is 104 Å². The van der Waals surface area contributed by atoms with E-state index in [1.807, 2.05) is 62.4 Å². The highest BCUT2D eigenvalue weighted by molar-refractivity contribution is 6.31. The van der Waals surface area contributed by atoms with Crippen LogP contribution >= 0.6 is 23.2 Å². The average Bonchev–Trinajstić information content (AvgIpc) is 3.18. The van der Waals surface area contributed by atoms with Crippen LogP contribution in [-0.4, -0.2) is 56.1 Å². The molecule has 292 valence electrons. The van der Waals surface area contributed by atoms with Crippen molar-refractivity contribution in [3.63, 3.8) is 0 Å². The Hall–Kier alpha value is -6.05. The van der Waals surface area contributed by atoms with Crippen LogP contribution < -0.4 is 11.1 Å². The third kappa shape index (κ3) is 10.0. The van der Waals surface area contributed by atoms with Gasteiger partial charge in [-0.3, -0.25) is 24.7 Å². The fourth-order valence-electron chi connectivity index (χ4n) is 6.31. The van der Waals surface area contributed by atoms with Crippen molar-refractivity contribution in [3.8, 4) is 0 Å². The van der Waals surface area contributed by atoms with Crippen molar-refractivity contribution < 1.29 is 24.2 Å². The Labute approximate surface area is 340 Å². The number of benzene rings is 2. The molecule has 0 aliphatic rings. The molecule has 12 nitrogen and oxygen atoms in total. The van der Waals surface area contributed by atoms with Gasteiger partial charge in [-0.25, -0.2) is 9.78 Å². The number of hydrogen-bond acceptors (Lipinski definition) is 10. The van der Waals surface area contributed by atoms with Gasteiger partial charge in [-0.05, 0) is 103 Å². The normalized spacial score (nSPS) is 11.9. The van der Waals surface area contributed by atoms with Gasteiger partial charge in [0.25, 0.3) is 5.91 Å². The zero-order valence-corrected chi connectivity index (χ0v) is 32.3. The summed E-state index contributed by atoms with van der Waals surface area (Å²) in [6.07, 6.45) is 5.35. The molecule has 2 aromatic carbocycles. The van der Waals surface area contributed by atoms with Crippen LogP contribution in [0.4, 0.5) is 5.82 Å². The van der Waals surface area contributed by atoms with Crippen molar-refractivity contribution >= 4 is 62.7 Å². The van der Waals surface area contributed by atoms with Gasteiger partial charge in [-0.1, -0.05) is 42.8 Å². The second kappa shape index (κ2) is 18.7. The molecule has 2 atom stereocenters. The van der Waals surface area contributed by atoms with Crippen LogP contribution in [0.25, 0.3) is 21.8 Å². The van der Waals surface area contributed by atoms with Crippen molar-refractivity contribution in [1.82, 2.24) is 30.2 Å². The number of nitrogens with zero attached hydrogens (tertiary/aromatic N) is 5. The number of aromatic carboxylic acids is 1. The topological polar surface area (TPSA) is 175 Å². The molecule has 0 spiro atoms. The first-order valence-electron chi connectivity index (χ1n) is 17.3. The fourth-order valence-corrected chi connectivity index (χ4v) is 6.64. The number of ether oxygens (including phenoxy) is 2. The molecule has 1 amide bonds. The number of carboxylic acid groups (broad SMARTS) is 1. The third-order valence-electron chi connectivity index (χ3n) is 9.03. The zero-order chi connectivity index (χ0) is 39.9. The quantitative estimate of drug-likeness (QED) is 0.120. The predicted molar refractivity (Wildman–Crippen MR) is 223 cm³/mol. The first kappa shape index (κ1) is 42.1. The highest BCUT2D eigenvalue weighted by Crippen LogP contribution is 2.30. The van der Waals surface area contributed by atoms with Crippen LogP contribution in [0.2, 0.25) is 10.0 Å². The Bertz CT molecular complexity index is 2550. The summed E-state index contributed by atoms with van der Waals surface area (Å²) >= 11 is 12.1. The standard InChI is InChI=1S/C25H24ClN5O2.C17H13ClN2O3.CH4/c1-14-8-23(27)31-15(2)20(14)13-30-25(32)17-6-7-28-22(11-17)24(33-3)16-4-5-21-18(9-16)10-19(26)12-29-21;1-23-16(15-8-11(17(21)22)4-5-19-15)10-2-3-14-12(6-10)7-13(18)9-20-14;/h4-12,24H,13H2,1-3H3,(H2,27,31)(H,30,32);2-9,16H,1H3,(H,21,22);1H4. The van der Waals surface area contributed by atoms with Gasteiger partial charge in [-0.15, -0.1) is 0 Å². The molecule has 4 N–H and O–H groups in total. The Balaban J connectivity index is 0.000000227. The maximum atomic E-state index is 12.9. The highest BCUT2D eigenvalue weighted by atomic mass is 35.5. The summed E-state index contributed by atoms with van der Waals surface area (Å²) in [6.45, 7) is 4.19. The number of nitrogens with two attached hydrogens (primary N) is 1. The fraction of sp³-hybridized carbons (Fsp3) is 0.186. The number of nitrogen functional groups attached to an aromatic ring is 1. The summed E-state index contributed by atoms with van der Waals surface area (Å²) in [5.74, 6) is -0.743.